The number of rotatable bonds is 11. The minimum Gasteiger partial charge on any atom is -0.392 e. The van der Waals surface area contributed by atoms with Gasteiger partial charge in [-0.1, -0.05) is 56.0 Å². The summed E-state index contributed by atoms with van der Waals surface area (Å²) < 4.78 is 27.4. The fraction of sp³-hybridized carbons (Fsp3) is 0.480. The van der Waals surface area contributed by atoms with Crippen LogP contribution in [0.2, 0.25) is 0 Å². The van der Waals surface area contributed by atoms with Crippen molar-refractivity contribution in [1.82, 2.24) is 10.0 Å². The molecule has 35 heavy (non-hydrogen) atoms. The molecule has 1 fully saturated rings. The molecule has 1 aliphatic rings. The third-order valence-corrected chi connectivity index (χ3v) is 7.76. The minimum atomic E-state index is -3.97. The number of nitrogens with one attached hydrogen (secondary N) is 2. The number of nitro groups is 1. The topological polar surface area (TPSA) is 139 Å². The Morgan fingerprint density at radius 3 is 2.26 bits per heavy atom. The van der Waals surface area contributed by atoms with Crippen LogP contribution in [0.1, 0.15) is 50.5 Å². The average molecular weight is 504 g/mol. The highest BCUT2D eigenvalue weighted by Gasteiger charge is 2.26. The third kappa shape index (κ3) is 8.41. The molecular formula is C25H33N3O6S. The van der Waals surface area contributed by atoms with Crippen molar-refractivity contribution in [3.8, 4) is 0 Å². The first-order chi connectivity index (χ1) is 16.7. The number of hydrogen-bond acceptors (Lipinski definition) is 6. The molecule has 1 saturated carbocycles. The number of carbonyl (C=O) groups is 1. The van der Waals surface area contributed by atoms with Crippen molar-refractivity contribution in [2.24, 2.45) is 5.92 Å². The van der Waals surface area contributed by atoms with E-state index in [1.807, 2.05) is 30.3 Å². The van der Waals surface area contributed by atoms with E-state index in [1.165, 1.54) is 12.8 Å². The Kier molecular flexibility index (Phi) is 9.76. The first-order valence-electron chi connectivity index (χ1n) is 12.0. The number of hydrogen-bond donors (Lipinski definition) is 3. The second-order valence-corrected chi connectivity index (χ2v) is 10.8. The molecule has 1 amide bonds. The van der Waals surface area contributed by atoms with Gasteiger partial charge in [-0.05, 0) is 43.4 Å². The lowest BCUT2D eigenvalue weighted by atomic mass is 9.92. The Labute approximate surface area is 206 Å². The van der Waals surface area contributed by atoms with Gasteiger partial charge in [-0.25, -0.2) is 13.1 Å². The van der Waals surface area contributed by atoms with Gasteiger partial charge in [-0.15, -0.1) is 0 Å². The van der Waals surface area contributed by atoms with Gasteiger partial charge in [0, 0.05) is 30.6 Å². The Morgan fingerprint density at radius 1 is 1.03 bits per heavy atom. The summed E-state index contributed by atoms with van der Waals surface area (Å²) in [4.78, 5) is 23.2. The van der Waals surface area contributed by atoms with E-state index < -0.39 is 27.0 Å². The van der Waals surface area contributed by atoms with Crippen LogP contribution in [-0.2, 0) is 21.2 Å². The van der Waals surface area contributed by atoms with Gasteiger partial charge >= 0.3 is 0 Å². The maximum Gasteiger partial charge on any atom is 0.269 e. The molecule has 2 atom stereocenters. The van der Waals surface area contributed by atoms with Crippen LogP contribution >= 0.6 is 0 Å². The molecule has 0 saturated heterocycles. The predicted octanol–water partition coefficient (Wildman–Crippen LogP) is 3.32. The van der Waals surface area contributed by atoms with Crippen LogP contribution in [-0.4, -0.2) is 43.0 Å². The Morgan fingerprint density at radius 2 is 1.66 bits per heavy atom. The fourth-order valence-electron chi connectivity index (χ4n) is 4.37. The zero-order valence-electron chi connectivity index (χ0n) is 19.6. The van der Waals surface area contributed by atoms with E-state index in [0.29, 0.717) is 6.42 Å². The summed E-state index contributed by atoms with van der Waals surface area (Å²) in [6.07, 6.45) is 5.85. The molecule has 0 spiro atoms. The molecule has 3 N–H and O–H groups in total. The maximum absolute atomic E-state index is 13.2. The highest BCUT2D eigenvalue weighted by Crippen LogP contribution is 2.21. The van der Waals surface area contributed by atoms with Gasteiger partial charge in [0.2, 0.25) is 15.9 Å². The Bertz CT molecular complexity index is 1070. The number of aliphatic hydroxyl groups is 1. The van der Waals surface area contributed by atoms with E-state index in [1.54, 1.807) is 0 Å². The van der Waals surface area contributed by atoms with Crippen LogP contribution in [0.25, 0.3) is 0 Å². The van der Waals surface area contributed by atoms with Gasteiger partial charge in [0.05, 0.1) is 15.9 Å². The summed E-state index contributed by atoms with van der Waals surface area (Å²) in [7, 11) is -3.97. The summed E-state index contributed by atoms with van der Waals surface area (Å²) >= 11 is 0. The Balaban J connectivity index is 1.63. The maximum atomic E-state index is 13.2. The van der Waals surface area contributed by atoms with Crippen LogP contribution in [0, 0.1) is 16.0 Å². The normalized spacial score (nSPS) is 16.7. The van der Waals surface area contributed by atoms with Crippen molar-refractivity contribution in [3.05, 3.63) is 70.3 Å². The number of carbonyl (C=O) groups excluding carboxylic acids is 1. The minimum absolute atomic E-state index is 0.0935. The van der Waals surface area contributed by atoms with Gasteiger partial charge in [0.1, 0.15) is 0 Å². The zero-order chi connectivity index (χ0) is 25.3. The molecular weight excluding hydrogens is 470 g/mol. The van der Waals surface area contributed by atoms with Gasteiger partial charge in [0.25, 0.3) is 5.69 Å². The second kappa shape index (κ2) is 12.8. The lowest BCUT2D eigenvalue weighted by Crippen LogP contribution is -2.42. The first-order valence-corrected chi connectivity index (χ1v) is 13.5. The summed E-state index contributed by atoms with van der Waals surface area (Å²) in [5, 5.41) is 24.6. The van der Waals surface area contributed by atoms with Crippen molar-refractivity contribution < 1.29 is 23.2 Å². The quantitative estimate of drug-likeness (QED) is 0.244. The second-order valence-electron chi connectivity index (χ2n) is 9.08. The summed E-state index contributed by atoms with van der Waals surface area (Å²) in [6, 6.07) is 14.2. The first kappa shape index (κ1) is 26.8. The lowest BCUT2D eigenvalue weighted by Gasteiger charge is -2.24. The summed E-state index contributed by atoms with van der Waals surface area (Å²) in [5.41, 5.74) is 0.750. The fourth-order valence-corrected chi connectivity index (χ4v) is 5.45. The van der Waals surface area contributed by atoms with E-state index in [4.69, 9.17) is 0 Å². The zero-order valence-corrected chi connectivity index (χ0v) is 20.5. The largest absolute Gasteiger partial charge is 0.392 e. The molecule has 9 nitrogen and oxygen atoms in total. The number of benzene rings is 2. The van der Waals surface area contributed by atoms with Crippen molar-refractivity contribution in [3.63, 3.8) is 0 Å². The number of non-ortho nitro benzene ring substituents is 1. The molecule has 0 radical (unpaired) electrons. The van der Waals surface area contributed by atoms with E-state index in [2.05, 4.69) is 10.0 Å². The van der Waals surface area contributed by atoms with E-state index in [0.717, 1.165) is 55.5 Å². The molecule has 0 aromatic heterocycles. The molecule has 2 aromatic carbocycles. The number of amides is 1. The number of nitrogens with zero attached hydrogens (tertiary/aromatic N) is 1. The number of nitro benzene ring substituents is 1. The molecule has 0 unspecified atom stereocenters. The van der Waals surface area contributed by atoms with Crippen LogP contribution in [0.5, 0.6) is 0 Å². The molecule has 0 aliphatic heterocycles. The van der Waals surface area contributed by atoms with E-state index in [9.17, 15) is 28.4 Å². The number of sulfonamides is 1. The van der Waals surface area contributed by atoms with Crippen molar-refractivity contribution in [1.29, 1.82) is 0 Å². The van der Waals surface area contributed by atoms with Crippen molar-refractivity contribution in [2.45, 2.75) is 68.4 Å². The van der Waals surface area contributed by atoms with Crippen LogP contribution in [0.3, 0.4) is 0 Å². The molecule has 10 heteroatoms. The lowest BCUT2D eigenvalue weighted by molar-refractivity contribution is -0.384. The SMILES string of the molecule is O=C(NC1CCCCCC1)[C@H](Cc1ccccc1)C[C@H](O)CNS(=O)(=O)c1ccc([N+](=O)[O-])cc1. The van der Waals surface area contributed by atoms with Crippen molar-refractivity contribution >= 4 is 21.6 Å². The summed E-state index contributed by atoms with van der Waals surface area (Å²) in [5.74, 6) is -0.641. The predicted molar refractivity (Wildman–Crippen MR) is 132 cm³/mol. The highest BCUT2D eigenvalue weighted by molar-refractivity contribution is 7.89. The molecule has 0 heterocycles. The van der Waals surface area contributed by atoms with Crippen molar-refractivity contribution in [2.75, 3.05) is 6.54 Å². The highest BCUT2D eigenvalue weighted by atomic mass is 32.2. The van der Waals surface area contributed by atoms with E-state index >= 15 is 0 Å². The Hall–Kier alpha value is -2.82. The standard InChI is InChI=1S/C25H33N3O6S/c29-23(18-26-35(33,34)24-14-12-22(13-15-24)28(31)32)17-20(16-19-8-4-3-5-9-19)25(30)27-21-10-6-1-2-7-11-21/h3-5,8-9,12-15,20-21,23,26,29H,1-2,6-7,10-11,16-18H2,(H,27,30)/t20-,23+/m1/s1. The molecule has 0 bridgehead atoms. The smallest absolute Gasteiger partial charge is 0.269 e. The van der Waals surface area contributed by atoms with Crippen LogP contribution < -0.4 is 10.0 Å². The molecule has 2 aromatic rings. The molecule has 3 rings (SSSR count). The number of aliphatic hydroxyl groups excluding tert-OH is 1. The van der Waals surface area contributed by atoms with E-state index in [-0.39, 0.29) is 35.5 Å². The van der Waals surface area contributed by atoms with Crippen LogP contribution in [0.4, 0.5) is 5.69 Å². The molecule has 190 valence electrons. The third-order valence-electron chi connectivity index (χ3n) is 6.32. The molecule has 1 aliphatic carbocycles. The summed E-state index contributed by atoms with van der Waals surface area (Å²) in [6.45, 7) is -0.276. The van der Waals surface area contributed by atoms with Gasteiger partial charge in [-0.2, -0.15) is 0 Å². The average Bonchev–Trinajstić information content (AvgIpc) is 3.12. The monoisotopic (exact) mass is 503 g/mol. The van der Waals surface area contributed by atoms with Gasteiger partial charge < -0.3 is 10.4 Å². The van der Waals surface area contributed by atoms with Gasteiger partial charge in [0.15, 0.2) is 0 Å². The van der Waals surface area contributed by atoms with Gasteiger partial charge in [-0.3, -0.25) is 14.9 Å². The van der Waals surface area contributed by atoms with Crippen LogP contribution in [0.15, 0.2) is 59.5 Å².